The molecule has 1 N–H and O–H groups in total. The smallest absolute Gasteiger partial charge is 0.233 e. The lowest BCUT2D eigenvalue weighted by atomic mass is 9.78. The van der Waals surface area contributed by atoms with Gasteiger partial charge < -0.3 is 9.88 Å². The minimum Gasteiger partial charge on any atom is -0.352 e. The van der Waals surface area contributed by atoms with Crippen LogP contribution in [-0.4, -0.2) is 32.0 Å². The summed E-state index contributed by atoms with van der Waals surface area (Å²) in [4.78, 5) is 12.7. The molecule has 0 saturated heterocycles. The predicted octanol–water partition coefficient (Wildman–Crippen LogP) is 4.56. The molecule has 7 heteroatoms. The maximum Gasteiger partial charge on any atom is 0.233 e. The Morgan fingerprint density at radius 2 is 2.04 bits per heavy atom. The van der Waals surface area contributed by atoms with Gasteiger partial charge in [0.15, 0.2) is 11.0 Å². The van der Waals surface area contributed by atoms with Crippen LogP contribution in [0.25, 0.3) is 11.4 Å². The first-order valence-corrected chi connectivity index (χ1v) is 10.8. The van der Waals surface area contributed by atoms with Crippen LogP contribution in [0.4, 0.5) is 0 Å². The Morgan fingerprint density at radius 3 is 2.78 bits per heavy atom. The van der Waals surface area contributed by atoms with Crippen LogP contribution in [0.15, 0.2) is 29.4 Å². The molecular formula is C20H27ClN4OS. The molecule has 4 atom stereocenters. The number of amides is 1. The number of benzene rings is 1. The maximum atomic E-state index is 12.7. The van der Waals surface area contributed by atoms with Gasteiger partial charge in [-0.2, -0.15) is 0 Å². The highest BCUT2D eigenvalue weighted by molar-refractivity contribution is 8.00. The number of carbonyl (C=O) groups is 1. The van der Waals surface area contributed by atoms with Gasteiger partial charge >= 0.3 is 0 Å². The molecule has 0 unspecified atom stereocenters. The molecule has 1 heterocycles. The van der Waals surface area contributed by atoms with Crippen molar-refractivity contribution in [1.82, 2.24) is 20.1 Å². The van der Waals surface area contributed by atoms with Crippen molar-refractivity contribution in [3.05, 3.63) is 29.3 Å². The van der Waals surface area contributed by atoms with Crippen molar-refractivity contribution in [1.29, 1.82) is 0 Å². The zero-order chi connectivity index (χ0) is 19.6. The molecule has 1 aliphatic carbocycles. The zero-order valence-electron chi connectivity index (χ0n) is 16.3. The monoisotopic (exact) mass is 406 g/mol. The van der Waals surface area contributed by atoms with Gasteiger partial charge in [-0.1, -0.05) is 62.2 Å². The number of hydrogen-bond acceptors (Lipinski definition) is 4. The highest BCUT2D eigenvalue weighted by Crippen LogP contribution is 2.31. The van der Waals surface area contributed by atoms with Gasteiger partial charge in [-0.15, -0.1) is 10.2 Å². The highest BCUT2D eigenvalue weighted by atomic mass is 35.5. The average Bonchev–Trinajstić information content (AvgIpc) is 3.00. The van der Waals surface area contributed by atoms with E-state index in [0.29, 0.717) is 27.8 Å². The number of halogens is 1. The first-order chi connectivity index (χ1) is 12.9. The van der Waals surface area contributed by atoms with E-state index in [1.54, 1.807) is 0 Å². The van der Waals surface area contributed by atoms with Crippen LogP contribution in [0.3, 0.4) is 0 Å². The van der Waals surface area contributed by atoms with Crippen molar-refractivity contribution in [2.45, 2.75) is 56.5 Å². The summed E-state index contributed by atoms with van der Waals surface area (Å²) in [5.74, 6) is 1.93. The van der Waals surface area contributed by atoms with Gasteiger partial charge in [0.2, 0.25) is 5.91 Å². The summed E-state index contributed by atoms with van der Waals surface area (Å²) in [7, 11) is 1.90. The lowest BCUT2D eigenvalue weighted by Gasteiger charge is -2.35. The molecule has 0 spiro atoms. The Bertz CT molecular complexity index is 809. The summed E-state index contributed by atoms with van der Waals surface area (Å²) in [5.41, 5.74) is 0.836. The standard InChI is InChI=1S/C20H27ClN4OS/c1-12-8-7-11-17(13(12)2)22-19(26)14(3)27-20-24-23-18(25(20)4)15-9-5-6-10-16(15)21/h5-6,9-10,12-14,17H,7-8,11H2,1-4H3,(H,22,26)/t12-,13+,14-,17+/m0/s1. The molecule has 0 bridgehead atoms. The molecule has 146 valence electrons. The molecule has 1 aliphatic rings. The lowest BCUT2D eigenvalue weighted by molar-refractivity contribution is -0.121. The van der Waals surface area contributed by atoms with E-state index in [0.717, 1.165) is 12.0 Å². The Labute approximate surface area is 170 Å². The number of hydrogen-bond donors (Lipinski definition) is 1. The molecule has 3 rings (SSSR count). The fourth-order valence-corrected chi connectivity index (χ4v) is 4.64. The van der Waals surface area contributed by atoms with Crippen molar-refractivity contribution < 1.29 is 4.79 Å². The quantitative estimate of drug-likeness (QED) is 0.739. The summed E-state index contributed by atoms with van der Waals surface area (Å²) in [6.45, 7) is 6.43. The molecule has 1 aromatic heterocycles. The molecule has 0 aliphatic heterocycles. The molecule has 1 aromatic carbocycles. The van der Waals surface area contributed by atoms with Gasteiger partial charge in [-0.05, 0) is 37.3 Å². The Hall–Kier alpha value is -1.53. The van der Waals surface area contributed by atoms with E-state index < -0.39 is 0 Å². The number of thioether (sulfide) groups is 1. The van der Waals surface area contributed by atoms with Crippen LogP contribution in [0.5, 0.6) is 0 Å². The molecule has 1 fully saturated rings. The Balaban J connectivity index is 1.67. The lowest BCUT2D eigenvalue weighted by Crippen LogP contribution is -2.46. The number of rotatable bonds is 5. The van der Waals surface area contributed by atoms with E-state index in [1.165, 1.54) is 24.6 Å². The van der Waals surface area contributed by atoms with Crippen LogP contribution in [0.2, 0.25) is 5.02 Å². The summed E-state index contributed by atoms with van der Waals surface area (Å²) in [6, 6.07) is 7.83. The van der Waals surface area contributed by atoms with Crippen LogP contribution in [-0.2, 0) is 11.8 Å². The van der Waals surface area contributed by atoms with Crippen LogP contribution in [0.1, 0.15) is 40.0 Å². The predicted molar refractivity (Wildman–Crippen MR) is 111 cm³/mol. The van der Waals surface area contributed by atoms with Gasteiger partial charge in [-0.25, -0.2) is 0 Å². The van der Waals surface area contributed by atoms with Crippen molar-refractivity contribution >= 4 is 29.3 Å². The van der Waals surface area contributed by atoms with Crippen LogP contribution >= 0.6 is 23.4 Å². The third-order valence-electron chi connectivity index (χ3n) is 5.64. The second-order valence-electron chi connectivity index (χ2n) is 7.49. The van der Waals surface area contributed by atoms with Crippen LogP contribution in [0, 0.1) is 11.8 Å². The first-order valence-electron chi connectivity index (χ1n) is 9.49. The fourth-order valence-electron chi connectivity index (χ4n) is 3.59. The third-order valence-corrected chi connectivity index (χ3v) is 7.10. The second-order valence-corrected chi connectivity index (χ2v) is 9.20. The van der Waals surface area contributed by atoms with Crippen molar-refractivity contribution in [2.24, 2.45) is 18.9 Å². The summed E-state index contributed by atoms with van der Waals surface area (Å²) in [6.07, 6.45) is 3.50. The SMILES string of the molecule is C[C@@H]1[C@@H](C)CCC[C@H]1NC(=O)[C@H](C)Sc1nnc(-c2ccccc2Cl)n1C. The van der Waals surface area contributed by atoms with E-state index in [-0.39, 0.29) is 17.2 Å². The van der Waals surface area contributed by atoms with Crippen molar-refractivity contribution in [3.63, 3.8) is 0 Å². The fraction of sp³-hybridized carbons (Fsp3) is 0.550. The Kier molecular flexibility index (Phi) is 6.48. The number of nitrogens with one attached hydrogen (secondary N) is 1. The van der Waals surface area contributed by atoms with E-state index in [2.05, 4.69) is 29.4 Å². The molecule has 2 aromatic rings. The molecule has 1 amide bonds. The minimum absolute atomic E-state index is 0.0632. The summed E-state index contributed by atoms with van der Waals surface area (Å²) >= 11 is 7.70. The Morgan fingerprint density at radius 1 is 1.30 bits per heavy atom. The summed E-state index contributed by atoms with van der Waals surface area (Å²) in [5, 5.41) is 12.9. The molecule has 5 nitrogen and oxygen atoms in total. The number of carbonyl (C=O) groups excluding carboxylic acids is 1. The van der Waals surface area contributed by atoms with Gasteiger partial charge in [0.25, 0.3) is 0 Å². The van der Waals surface area contributed by atoms with E-state index >= 15 is 0 Å². The van der Waals surface area contributed by atoms with E-state index in [4.69, 9.17) is 11.6 Å². The van der Waals surface area contributed by atoms with E-state index in [9.17, 15) is 4.79 Å². The molecule has 27 heavy (non-hydrogen) atoms. The molecular weight excluding hydrogens is 380 g/mol. The number of nitrogens with zero attached hydrogens (tertiary/aromatic N) is 3. The van der Waals surface area contributed by atoms with Crippen molar-refractivity contribution in [3.8, 4) is 11.4 Å². The van der Waals surface area contributed by atoms with Gasteiger partial charge in [-0.3, -0.25) is 4.79 Å². The molecule has 1 saturated carbocycles. The van der Waals surface area contributed by atoms with Gasteiger partial charge in [0.05, 0.1) is 10.3 Å². The molecule has 0 radical (unpaired) electrons. The van der Waals surface area contributed by atoms with Crippen molar-refractivity contribution in [2.75, 3.05) is 0 Å². The largest absolute Gasteiger partial charge is 0.352 e. The van der Waals surface area contributed by atoms with Crippen LogP contribution < -0.4 is 5.32 Å². The maximum absolute atomic E-state index is 12.7. The highest BCUT2D eigenvalue weighted by Gasteiger charge is 2.30. The second kappa shape index (κ2) is 8.65. The first kappa shape index (κ1) is 20.2. The summed E-state index contributed by atoms with van der Waals surface area (Å²) < 4.78 is 1.89. The zero-order valence-corrected chi connectivity index (χ0v) is 17.8. The minimum atomic E-state index is -0.239. The van der Waals surface area contributed by atoms with E-state index in [1.807, 2.05) is 42.8 Å². The van der Waals surface area contributed by atoms with Gasteiger partial charge in [0.1, 0.15) is 0 Å². The normalized spacial score (nSPS) is 23.8. The van der Waals surface area contributed by atoms with Gasteiger partial charge in [0, 0.05) is 18.7 Å². The topological polar surface area (TPSA) is 59.8 Å². The third kappa shape index (κ3) is 4.49. The average molecular weight is 407 g/mol. The number of aromatic nitrogens is 3.